The molecule has 2 aliphatic rings. The van der Waals surface area contributed by atoms with Gasteiger partial charge in [0.1, 0.15) is 10.7 Å². The van der Waals surface area contributed by atoms with Gasteiger partial charge in [-0.1, -0.05) is 36.8 Å². The highest BCUT2D eigenvalue weighted by atomic mass is 32.2. The summed E-state index contributed by atoms with van der Waals surface area (Å²) >= 11 is 0. The van der Waals surface area contributed by atoms with E-state index in [1.165, 1.54) is 31.0 Å². The predicted octanol–water partition coefficient (Wildman–Crippen LogP) is 3.33. The van der Waals surface area contributed by atoms with E-state index in [1.807, 2.05) is 0 Å². The molecule has 2 saturated heterocycles. The fourth-order valence-corrected chi connectivity index (χ4v) is 5.72. The molecule has 156 valence electrons. The molecule has 0 spiro atoms. The van der Waals surface area contributed by atoms with Gasteiger partial charge in [-0.2, -0.15) is 4.31 Å². The summed E-state index contributed by atoms with van der Waals surface area (Å²) in [6, 6.07) is 14.5. The molecule has 2 aliphatic heterocycles. The fraction of sp³-hybridized carbons (Fsp3) is 0.500. The van der Waals surface area contributed by atoms with Crippen molar-refractivity contribution in [3.8, 4) is 0 Å². The summed E-state index contributed by atoms with van der Waals surface area (Å²) in [7, 11) is -3.40. The van der Waals surface area contributed by atoms with Gasteiger partial charge in [-0.05, 0) is 49.9 Å². The second kappa shape index (κ2) is 9.24. The Balaban J connectivity index is 1.36. The van der Waals surface area contributed by atoms with E-state index in [2.05, 4.69) is 45.5 Å². The third-order valence-electron chi connectivity index (χ3n) is 5.94. The molecule has 1 atom stereocenters. The lowest BCUT2D eigenvalue weighted by Gasteiger charge is -2.36. The van der Waals surface area contributed by atoms with Crippen molar-refractivity contribution in [1.29, 1.82) is 0 Å². The van der Waals surface area contributed by atoms with Gasteiger partial charge in [0, 0.05) is 38.4 Å². The van der Waals surface area contributed by atoms with Gasteiger partial charge in [0.25, 0.3) is 0 Å². The molecule has 0 bridgehead atoms. The van der Waals surface area contributed by atoms with Crippen molar-refractivity contribution >= 4 is 15.8 Å². The predicted molar refractivity (Wildman–Crippen MR) is 115 cm³/mol. The average molecular weight is 415 g/mol. The van der Waals surface area contributed by atoms with Crippen LogP contribution in [0, 0.1) is 0 Å². The monoisotopic (exact) mass is 414 g/mol. The van der Waals surface area contributed by atoms with Gasteiger partial charge in [0.2, 0.25) is 10.0 Å². The normalized spacial score (nSPS) is 21.3. The van der Waals surface area contributed by atoms with Gasteiger partial charge >= 0.3 is 0 Å². The summed E-state index contributed by atoms with van der Waals surface area (Å²) in [6.07, 6.45) is 7.02. The lowest BCUT2D eigenvalue weighted by Crippen LogP contribution is -2.43. The zero-order valence-electron chi connectivity index (χ0n) is 16.8. The van der Waals surface area contributed by atoms with Crippen LogP contribution in [0.4, 0.5) is 5.82 Å². The number of nitrogens with zero attached hydrogens (tertiary/aromatic N) is 3. The number of hydrogen-bond acceptors (Lipinski definition) is 5. The maximum absolute atomic E-state index is 12.6. The van der Waals surface area contributed by atoms with Crippen molar-refractivity contribution in [2.75, 3.05) is 31.5 Å². The molecule has 0 radical (unpaired) electrons. The minimum Gasteiger partial charge on any atom is -0.369 e. The molecule has 4 rings (SSSR count). The van der Waals surface area contributed by atoms with Crippen molar-refractivity contribution in [2.24, 2.45) is 0 Å². The van der Waals surface area contributed by atoms with Crippen LogP contribution in [0.25, 0.3) is 0 Å². The molecule has 7 heteroatoms. The summed E-state index contributed by atoms with van der Waals surface area (Å²) in [4.78, 5) is 7.20. The van der Waals surface area contributed by atoms with E-state index < -0.39 is 10.0 Å². The number of piperidine rings is 1. The Hall–Kier alpha value is -1.96. The Kier molecular flexibility index (Phi) is 6.47. The Morgan fingerprint density at radius 2 is 1.72 bits per heavy atom. The number of likely N-dealkylation sites (tertiary alicyclic amines) is 1. The zero-order chi connectivity index (χ0) is 20.1. The molecular formula is C22H30N4O2S. The minimum absolute atomic E-state index is 0.285. The van der Waals surface area contributed by atoms with E-state index >= 15 is 0 Å². The first-order valence-corrected chi connectivity index (χ1v) is 12.0. The van der Waals surface area contributed by atoms with Gasteiger partial charge in [0.05, 0.1) is 0 Å². The average Bonchev–Trinajstić information content (AvgIpc) is 3.30. The van der Waals surface area contributed by atoms with Crippen LogP contribution in [0.5, 0.6) is 0 Å². The number of pyridine rings is 1. The third kappa shape index (κ3) is 4.97. The molecule has 1 unspecified atom stereocenters. The van der Waals surface area contributed by atoms with E-state index in [9.17, 15) is 8.42 Å². The molecule has 29 heavy (non-hydrogen) atoms. The van der Waals surface area contributed by atoms with Crippen LogP contribution in [0.2, 0.25) is 0 Å². The molecule has 1 aromatic carbocycles. The zero-order valence-corrected chi connectivity index (χ0v) is 17.7. The smallest absolute Gasteiger partial charge is 0.244 e. The molecule has 0 aliphatic carbocycles. The molecular weight excluding hydrogens is 384 g/mol. The summed E-state index contributed by atoms with van der Waals surface area (Å²) in [5.74, 6) is 0.732. The van der Waals surface area contributed by atoms with Crippen molar-refractivity contribution in [2.45, 2.75) is 49.6 Å². The van der Waals surface area contributed by atoms with Crippen LogP contribution >= 0.6 is 0 Å². The van der Waals surface area contributed by atoms with Gasteiger partial charge < -0.3 is 5.32 Å². The van der Waals surface area contributed by atoms with Crippen LogP contribution in [-0.4, -0.2) is 54.8 Å². The fourth-order valence-electron chi connectivity index (χ4n) is 4.25. The van der Waals surface area contributed by atoms with Crippen molar-refractivity contribution < 1.29 is 8.42 Å². The highest BCUT2D eigenvalue weighted by Gasteiger charge is 2.27. The van der Waals surface area contributed by atoms with Gasteiger partial charge in [-0.3, -0.25) is 4.90 Å². The lowest BCUT2D eigenvalue weighted by atomic mass is 10.0. The van der Waals surface area contributed by atoms with E-state index in [1.54, 1.807) is 16.4 Å². The van der Waals surface area contributed by atoms with E-state index in [-0.39, 0.29) is 4.90 Å². The molecule has 1 aromatic heterocycles. The largest absolute Gasteiger partial charge is 0.369 e. The standard InChI is InChI=1S/C22H30N4O2S/c27-29(28,26-14-6-7-15-26)21-11-12-22(24-17-21)23-16-20-10-4-5-13-25(20)18-19-8-2-1-3-9-19/h1-3,8-9,11-12,17,20H,4-7,10,13-16,18H2,(H,23,24). The lowest BCUT2D eigenvalue weighted by molar-refractivity contribution is 0.148. The summed E-state index contributed by atoms with van der Waals surface area (Å²) < 4.78 is 26.8. The summed E-state index contributed by atoms with van der Waals surface area (Å²) in [5.41, 5.74) is 1.34. The molecule has 2 aromatic rings. The van der Waals surface area contributed by atoms with Crippen LogP contribution in [0.3, 0.4) is 0 Å². The minimum atomic E-state index is -3.40. The number of nitrogens with one attached hydrogen (secondary N) is 1. The number of aromatic nitrogens is 1. The van der Waals surface area contributed by atoms with Gasteiger partial charge in [-0.15, -0.1) is 0 Å². The summed E-state index contributed by atoms with van der Waals surface area (Å²) in [6.45, 7) is 4.12. The van der Waals surface area contributed by atoms with Crippen LogP contribution in [0.1, 0.15) is 37.7 Å². The Morgan fingerprint density at radius 1 is 0.966 bits per heavy atom. The number of hydrogen-bond donors (Lipinski definition) is 1. The maximum atomic E-state index is 12.6. The maximum Gasteiger partial charge on any atom is 0.244 e. The molecule has 2 fully saturated rings. The molecule has 3 heterocycles. The summed E-state index contributed by atoms with van der Waals surface area (Å²) in [5, 5.41) is 3.42. The van der Waals surface area contributed by atoms with Crippen LogP contribution in [-0.2, 0) is 16.6 Å². The number of anilines is 1. The van der Waals surface area contributed by atoms with Gasteiger partial charge in [-0.25, -0.2) is 13.4 Å². The first-order valence-electron chi connectivity index (χ1n) is 10.6. The molecule has 6 nitrogen and oxygen atoms in total. The van der Waals surface area contributed by atoms with E-state index in [4.69, 9.17) is 0 Å². The quantitative estimate of drug-likeness (QED) is 0.753. The first kappa shape index (κ1) is 20.3. The number of rotatable bonds is 7. The second-order valence-electron chi connectivity index (χ2n) is 7.98. The molecule has 0 amide bonds. The Bertz CT molecular complexity index is 881. The second-order valence-corrected chi connectivity index (χ2v) is 9.91. The molecule has 0 saturated carbocycles. The van der Waals surface area contributed by atoms with Crippen molar-refractivity contribution in [3.63, 3.8) is 0 Å². The van der Waals surface area contributed by atoms with Crippen molar-refractivity contribution in [3.05, 3.63) is 54.2 Å². The Morgan fingerprint density at radius 3 is 2.45 bits per heavy atom. The number of benzene rings is 1. The first-order chi connectivity index (χ1) is 14.1. The van der Waals surface area contributed by atoms with Crippen molar-refractivity contribution in [1.82, 2.24) is 14.2 Å². The van der Waals surface area contributed by atoms with Gasteiger partial charge in [0.15, 0.2) is 0 Å². The SMILES string of the molecule is O=S(=O)(c1ccc(NCC2CCCCN2Cc2ccccc2)nc1)N1CCCC1. The number of sulfonamides is 1. The van der Waals surface area contributed by atoms with Crippen LogP contribution in [0.15, 0.2) is 53.6 Å². The van der Waals surface area contributed by atoms with Crippen LogP contribution < -0.4 is 5.32 Å². The van der Waals surface area contributed by atoms with E-state index in [0.717, 1.165) is 38.3 Å². The van der Waals surface area contributed by atoms with E-state index in [0.29, 0.717) is 19.1 Å². The highest BCUT2D eigenvalue weighted by molar-refractivity contribution is 7.89. The topological polar surface area (TPSA) is 65.5 Å². The highest BCUT2D eigenvalue weighted by Crippen LogP contribution is 2.22. The Labute approximate surface area is 174 Å². The third-order valence-corrected chi connectivity index (χ3v) is 7.82. The molecule has 1 N–H and O–H groups in total.